The summed E-state index contributed by atoms with van der Waals surface area (Å²) in [4.78, 5) is 27.7. The molecule has 0 atom stereocenters. The Kier molecular flexibility index (Phi) is 3.18. The van der Waals surface area contributed by atoms with E-state index in [0.717, 1.165) is 6.07 Å². The number of hydrogen-bond donors (Lipinski definition) is 1. The topological polar surface area (TPSA) is 65.8 Å². The molecular formula is C17H18FN3O3S. The van der Waals surface area contributed by atoms with E-state index in [1.807, 2.05) is 4.90 Å². The number of hydrogen-bond acceptors (Lipinski definition) is 5. The van der Waals surface area contributed by atoms with E-state index in [2.05, 4.69) is 0 Å². The molecule has 0 saturated carbocycles. The molecule has 2 aliphatic heterocycles. The van der Waals surface area contributed by atoms with Gasteiger partial charge in [0.05, 0.1) is 21.5 Å². The quantitative estimate of drug-likeness (QED) is 0.873. The molecule has 132 valence electrons. The molecule has 1 fully saturated rings. The Morgan fingerprint density at radius 2 is 2.08 bits per heavy atom. The zero-order valence-corrected chi connectivity index (χ0v) is 14.1. The maximum Gasteiger partial charge on any atom is 0.341 e. The minimum Gasteiger partial charge on any atom is -0.477 e. The Balaban J connectivity index is 1.83. The van der Waals surface area contributed by atoms with Crippen molar-refractivity contribution >= 4 is 34.3 Å². The summed E-state index contributed by atoms with van der Waals surface area (Å²) in [5.74, 6) is -1.30. The number of piperazine rings is 1. The van der Waals surface area contributed by atoms with Crippen molar-refractivity contribution in [2.45, 2.75) is 11.4 Å². The van der Waals surface area contributed by atoms with Crippen LogP contribution in [0.2, 0.25) is 0 Å². The molecule has 1 saturated heterocycles. The van der Waals surface area contributed by atoms with Gasteiger partial charge in [-0.15, -0.1) is 11.8 Å². The first-order valence-corrected chi connectivity index (χ1v) is 8.93. The number of aryl methyl sites for hydroxylation is 1. The molecule has 2 aromatic rings. The summed E-state index contributed by atoms with van der Waals surface area (Å²) in [7, 11) is 0. The Hall–Kier alpha value is -2.06. The van der Waals surface area contributed by atoms with Crippen molar-refractivity contribution in [2.24, 2.45) is 0 Å². The van der Waals surface area contributed by atoms with E-state index in [0.29, 0.717) is 41.5 Å². The predicted molar refractivity (Wildman–Crippen MR) is 95.6 cm³/mol. The van der Waals surface area contributed by atoms with Crippen molar-refractivity contribution in [1.82, 2.24) is 9.47 Å². The molecule has 3 heterocycles. The Bertz CT molecular complexity index is 1030. The fraction of sp³-hybridized carbons (Fsp3) is 0.412. The Morgan fingerprint density at radius 3 is 2.76 bits per heavy atom. The lowest BCUT2D eigenvalue weighted by Crippen LogP contribution is -2.45. The number of carbonyl (C=O) groups is 1. The van der Waals surface area contributed by atoms with Crippen molar-refractivity contribution in [2.75, 3.05) is 43.8 Å². The highest BCUT2D eigenvalue weighted by Crippen LogP contribution is 2.41. The van der Waals surface area contributed by atoms with E-state index in [1.165, 1.54) is 22.9 Å². The van der Waals surface area contributed by atoms with Crippen LogP contribution in [0, 0.1) is 5.82 Å². The zero-order chi connectivity index (χ0) is 20.2. The van der Waals surface area contributed by atoms with Crippen LogP contribution in [-0.2, 0) is 6.54 Å². The van der Waals surface area contributed by atoms with Crippen LogP contribution in [0.5, 0.6) is 0 Å². The van der Waals surface area contributed by atoms with Crippen LogP contribution in [0.3, 0.4) is 0 Å². The molecular weight excluding hydrogens is 345 g/mol. The zero-order valence-electron chi connectivity index (χ0n) is 16.3. The summed E-state index contributed by atoms with van der Waals surface area (Å²) in [6.07, 6.45) is 1.32. The summed E-state index contributed by atoms with van der Waals surface area (Å²) in [6, 6.07) is 1.11. The molecule has 0 amide bonds. The van der Waals surface area contributed by atoms with E-state index in [-0.39, 0.29) is 24.0 Å². The van der Waals surface area contributed by atoms with Gasteiger partial charge in [0.15, 0.2) is 0 Å². The summed E-state index contributed by atoms with van der Waals surface area (Å²) < 4.78 is 39.3. The second-order valence-corrected chi connectivity index (χ2v) is 7.23. The number of aromatic nitrogens is 1. The molecule has 0 aliphatic carbocycles. The number of thioether (sulfide) groups is 1. The summed E-state index contributed by atoms with van der Waals surface area (Å²) in [5, 5.41) is 9.34. The van der Waals surface area contributed by atoms with Crippen LogP contribution >= 0.6 is 11.8 Å². The first-order chi connectivity index (χ1) is 13.2. The minimum absolute atomic E-state index is 0.0597. The smallest absolute Gasteiger partial charge is 0.341 e. The van der Waals surface area contributed by atoms with E-state index < -0.39 is 24.2 Å². The number of pyridine rings is 1. The third-order valence-electron chi connectivity index (χ3n) is 4.65. The molecule has 0 spiro atoms. The first kappa shape index (κ1) is 13.2. The molecule has 1 aromatic carbocycles. The van der Waals surface area contributed by atoms with E-state index >= 15 is 4.39 Å². The molecule has 0 bridgehead atoms. The summed E-state index contributed by atoms with van der Waals surface area (Å²) in [5.41, 5.74) is -0.163. The molecule has 25 heavy (non-hydrogen) atoms. The fourth-order valence-corrected chi connectivity index (χ4v) is 4.64. The van der Waals surface area contributed by atoms with Crippen LogP contribution in [0.1, 0.15) is 14.5 Å². The van der Waals surface area contributed by atoms with Crippen molar-refractivity contribution in [3.63, 3.8) is 0 Å². The number of carboxylic acid groups (broad SMARTS) is 1. The van der Waals surface area contributed by atoms with Crippen LogP contribution in [0.25, 0.3) is 10.9 Å². The van der Waals surface area contributed by atoms with Crippen LogP contribution in [0.4, 0.5) is 10.1 Å². The molecule has 0 radical (unpaired) electrons. The monoisotopic (exact) mass is 366 g/mol. The van der Waals surface area contributed by atoms with Crippen LogP contribution in [-0.4, -0.2) is 59.5 Å². The van der Waals surface area contributed by atoms with Gasteiger partial charge in [0.1, 0.15) is 11.4 Å². The number of benzene rings is 1. The molecule has 1 aromatic heterocycles. The number of rotatable bonds is 2. The Morgan fingerprint density at radius 1 is 1.32 bits per heavy atom. The molecule has 8 heteroatoms. The minimum atomic E-state index is -2.18. The van der Waals surface area contributed by atoms with Gasteiger partial charge in [-0.05, 0) is 13.0 Å². The number of halogens is 1. The fourth-order valence-electron chi connectivity index (χ4n) is 3.42. The average molecular weight is 366 g/mol. The van der Waals surface area contributed by atoms with Gasteiger partial charge in [-0.2, -0.15) is 0 Å². The van der Waals surface area contributed by atoms with Crippen LogP contribution < -0.4 is 10.3 Å². The Labute approximate surface area is 152 Å². The molecule has 4 rings (SSSR count). The van der Waals surface area contributed by atoms with Gasteiger partial charge in [-0.1, -0.05) is 0 Å². The lowest BCUT2D eigenvalue weighted by molar-refractivity contribution is 0.0695. The maximum absolute atomic E-state index is 15.1. The number of anilines is 1. The second kappa shape index (κ2) is 6.03. The summed E-state index contributed by atoms with van der Waals surface area (Å²) in [6.45, 7) is -0.388. The second-order valence-electron chi connectivity index (χ2n) is 6.13. The van der Waals surface area contributed by atoms with Gasteiger partial charge in [0, 0.05) is 48.8 Å². The van der Waals surface area contributed by atoms with Gasteiger partial charge >= 0.3 is 5.97 Å². The van der Waals surface area contributed by atoms with Gasteiger partial charge in [0.2, 0.25) is 5.43 Å². The number of nitrogens with zero attached hydrogens (tertiary/aromatic N) is 3. The summed E-state index contributed by atoms with van der Waals surface area (Å²) >= 11 is 1.43. The first-order valence-electron chi connectivity index (χ1n) is 9.44. The van der Waals surface area contributed by atoms with E-state index in [1.54, 1.807) is 4.57 Å². The van der Waals surface area contributed by atoms with Gasteiger partial charge in [-0.25, -0.2) is 9.18 Å². The van der Waals surface area contributed by atoms with Crippen molar-refractivity contribution in [1.29, 1.82) is 0 Å². The van der Waals surface area contributed by atoms with Crippen molar-refractivity contribution < 1.29 is 18.4 Å². The largest absolute Gasteiger partial charge is 0.477 e. The highest BCUT2D eigenvalue weighted by atomic mass is 32.2. The van der Waals surface area contributed by atoms with Gasteiger partial charge < -0.3 is 19.5 Å². The normalized spacial score (nSPS) is 20.2. The maximum atomic E-state index is 15.1. The van der Waals surface area contributed by atoms with E-state index in [4.69, 9.17) is 4.11 Å². The lowest BCUT2D eigenvalue weighted by Gasteiger charge is -2.36. The highest BCUT2D eigenvalue weighted by Gasteiger charge is 2.28. The SMILES string of the molecule is [2H]C([2H])([2H])N1CCN(c2c(F)cc3c(=O)c(C(=O)O)cn4c3c2SCC4)CC1. The predicted octanol–water partition coefficient (Wildman–Crippen LogP) is 1.70. The van der Waals surface area contributed by atoms with Crippen LogP contribution in [0.15, 0.2) is 22.0 Å². The third kappa shape index (κ3) is 2.60. The van der Waals surface area contributed by atoms with Crippen molar-refractivity contribution in [3.05, 3.63) is 33.9 Å². The standard InChI is InChI=1S/C17H18FN3O3S/c1-19-2-4-20(5-3-19)14-12(18)8-10-13-16(14)25-7-6-21(13)9-11(15(10)22)17(23)24/h8-9H,2-7H2,1H3,(H,23,24)/i1D3. The molecule has 2 aliphatic rings. The molecule has 0 unspecified atom stereocenters. The number of carboxylic acids is 1. The highest BCUT2D eigenvalue weighted by molar-refractivity contribution is 7.99. The van der Waals surface area contributed by atoms with Crippen molar-refractivity contribution in [3.8, 4) is 0 Å². The third-order valence-corrected chi connectivity index (χ3v) is 5.71. The average Bonchev–Trinajstić information content (AvgIpc) is 2.63. The molecule has 1 N–H and O–H groups in total. The lowest BCUT2D eigenvalue weighted by atomic mass is 10.1. The van der Waals surface area contributed by atoms with Gasteiger partial charge in [0.25, 0.3) is 0 Å². The number of likely N-dealkylation sites (N-methyl/N-ethyl adjacent to an activating group) is 1. The number of aromatic carboxylic acids is 1. The molecule has 6 nitrogen and oxygen atoms in total. The van der Waals surface area contributed by atoms with E-state index in [9.17, 15) is 14.7 Å². The van der Waals surface area contributed by atoms with Gasteiger partial charge in [-0.3, -0.25) is 4.79 Å².